The number of nitrogens with zero attached hydrogens (tertiary/aromatic N) is 1. The summed E-state index contributed by atoms with van der Waals surface area (Å²) in [4.78, 5) is 5.59. The second-order valence-electron chi connectivity index (χ2n) is 4.66. The predicted molar refractivity (Wildman–Crippen MR) is 112 cm³/mol. The summed E-state index contributed by atoms with van der Waals surface area (Å²) in [5.74, 6) is 1.68. The van der Waals surface area contributed by atoms with E-state index in [9.17, 15) is 0 Å². The first-order valence-corrected chi connectivity index (χ1v) is 8.64. The first kappa shape index (κ1) is 20.2. The Hall–Kier alpha value is -0.800. The maximum Gasteiger partial charge on any atom is 0.191 e. The smallest absolute Gasteiger partial charge is 0.191 e. The Morgan fingerprint density at radius 1 is 1.17 bits per heavy atom. The summed E-state index contributed by atoms with van der Waals surface area (Å²) >= 11 is 5.25. The predicted octanol–water partition coefficient (Wildman–Crippen LogP) is 4.04. The van der Waals surface area contributed by atoms with Crippen molar-refractivity contribution in [3.63, 3.8) is 0 Å². The third kappa shape index (κ3) is 7.09. The van der Waals surface area contributed by atoms with Gasteiger partial charge in [0.15, 0.2) is 5.96 Å². The molecule has 0 saturated carbocycles. The van der Waals surface area contributed by atoms with Crippen LogP contribution in [-0.4, -0.2) is 26.7 Å². The molecule has 0 spiro atoms. The molecule has 0 radical (unpaired) electrons. The first-order chi connectivity index (χ1) is 10.7. The maximum absolute atomic E-state index is 5.15. The molecule has 7 heteroatoms. The van der Waals surface area contributed by atoms with E-state index in [4.69, 9.17) is 4.74 Å². The highest BCUT2D eigenvalue weighted by molar-refractivity contribution is 14.0. The Morgan fingerprint density at radius 2 is 1.91 bits per heavy atom. The molecule has 0 saturated heterocycles. The van der Waals surface area contributed by atoms with E-state index in [0.717, 1.165) is 31.2 Å². The van der Waals surface area contributed by atoms with Crippen LogP contribution in [0, 0.1) is 0 Å². The highest BCUT2D eigenvalue weighted by Gasteiger charge is 2.01. The number of benzene rings is 1. The van der Waals surface area contributed by atoms with E-state index in [1.807, 2.05) is 24.3 Å². The molecule has 0 unspecified atom stereocenters. The largest absolute Gasteiger partial charge is 0.497 e. The van der Waals surface area contributed by atoms with Crippen molar-refractivity contribution < 1.29 is 4.74 Å². The molecule has 1 aromatic carbocycles. The van der Waals surface area contributed by atoms with Gasteiger partial charge in [-0.1, -0.05) is 12.1 Å². The van der Waals surface area contributed by atoms with Gasteiger partial charge in [0.25, 0.3) is 0 Å². The van der Waals surface area contributed by atoms with Gasteiger partial charge in [0.1, 0.15) is 5.75 Å². The van der Waals surface area contributed by atoms with Gasteiger partial charge in [-0.25, -0.2) is 0 Å². The van der Waals surface area contributed by atoms with Crippen LogP contribution in [0.5, 0.6) is 5.75 Å². The second-order valence-corrected chi connectivity index (χ2v) is 7.20. The molecule has 4 nitrogen and oxygen atoms in total. The van der Waals surface area contributed by atoms with Gasteiger partial charge >= 0.3 is 0 Å². The number of guanidine groups is 1. The van der Waals surface area contributed by atoms with E-state index in [2.05, 4.69) is 43.7 Å². The zero-order valence-corrected chi connectivity index (χ0v) is 17.9. The van der Waals surface area contributed by atoms with E-state index in [0.29, 0.717) is 0 Å². The molecule has 126 valence electrons. The molecule has 0 amide bonds. The summed E-state index contributed by atoms with van der Waals surface area (Å²) in [5.41, 5.74) is 1.19. The Kier molecular flexibility index (Phi) is 9.57. The summed E-state index contributed by atoms with van der Waals surface area (Å²) in [6.45, 7) is 1.59. The fourth-order valence-electron chi connectivity index (χ4n) is 1.94. The minimum absolute atomic E-state index is 0. The molecule has 0 aliphatic rings. The number of halogens is 2. The topological polar surface area (TPSA) is 45.7 Å². The lowest BCUT2D eigenvalue weighted by Gasteiger charge is -2.11. The Balaban J connectivity index is 0.00000264. The van der Waals surface area contributed by atoms with Crippen LogP contribution in [0.15, 0.2) is 45.2 Å². The van der Waals surface area contributed by atoms with E-state index in [1.165, 1.54) is 14.2 Å². The van der Waals surface area contributed by atoms with Crippen molar-refractivity contribution in [3.05, 3.63) is 50.6 Å². The van der Waals surface area contributed by atoms with Crippen LogP contribution in [0.2, 0.25) is 0 Å². The normalized spacial score (nSPS) is 10.8. The van der Waals surface area contributed by atoms with Crippen LogP contribution in [0.25, 0.3) is 0 Å². The fourth-order valence-corrected chi connectivity index (χ4v) is 3.42. The lowest BCUT2D eigenvalue weighted by atomic mass is 10.2. The van der Waals surface area contributed by atoms with Gasteiger partial charge in [0.2, 0.25) is 0 Å². The van der Waals surface area contributed by atoms with Gasteiger partial charge in [-0.2, -0.15) is 0 Å². The van der Waals surface area contributed by atoms with Crippen molar-refractivity contribution in [1.82, 2.24) is 10.6 Å². The van der Waals surface area contributed by atoms with Gasteiger partial charge in [-0.3, -0.25) is 4.99 Å². The number of aliphatic imine (C=N–C) groups is 1. The molecule has 0 atom stereocenters. The molecule has 1 heterocycles. The van der Waals surface area contributed by atoms with Gasteiger partial charge in [-0.15, -0.1) is 35.3 Å². The Bertz CT molecular complexity index is 616. The van der Waals surface area contributed by atoms with Gasteiger partial charge in [0.05, 0.1) is 10.9 Å². The summed E-state index contributed by atoms with van der Waals surface area (Å²) in [7, 11) is 3.45. The summed E-state index contributed by atoms with van der Waals surface area (Å²) < 4.78 is 6.32. The van der Waals surface area contributed by atoms with Gasteiger partial charge in [-0.05, 0) is 52.2 Å². The summed E-state index contributed by atoms with van der Waals surface area (Å²) in [6.07, 6.45) is 0.986. The minimum Gasteiger partial charge on any atom is -0.497 e. The second kappa shape index (κ2) is 10.9. The zero-order chi connectivity index (χ0) is 15.8. The zero-order valence-electron chi connectivity index (χ0n) is 13.1. The van der Waals surface area contributed by atoms with Crippen molar-refractivity contribution in [2.45, 2.75) is 13.0 Å². The molecular formula is C16H21BrIN3OS. The van der Waals surface area contributed by atoms with Crippen LogP contribution < -0.4 is 15.4 Å². The van der Waals surface area contributed by atoms with E-state index >= 15 is 0 Å². The molecule has 0 bridgehead atoms. The summed E-state index contributed by atoms with van der Waals surface area (Å²) in [6, 6.07) is 12.2. The number of hydrogen-bond acceptors (Lipinski definition) is 3. The van der Waals surface area contributed by atoms with E-state index in [-0.39, 0.29) is 24.0 Å². The van der Waals surface area contributed by atoms with Gasteiger partial charge < -0.3 is 15.4 Å². The number of methoxy groups -OCH3 is 1. The standard InChI is InChI=1S/C16H20BrN3OS.HI/c1-18-16(19-10-9-14-7-8-15(17)22-14)20-11-12-3-5-13(21-2)6-4-12;/h3-8H,9-11H2,1-2H3,(H2,18,19,20);1H. The number of hydrogen-bond donors (Lipinski definition) is 2. The number of ether oxygens (including phenoxy) is 1. The summed E-state index contributed by atoms with van der Waals surface area (Å²) in [5, 5.41) is 6.63. The molecule has 2 rings (SSSR count). The van der Waals surface area contributed by atoms with Crippen LogP contribution in [0.4, 0.5) is 0 Å². The number of nitrogens with one attached hydrogen (secondary N) is 2. The van der Waals surface area contributed by atoms with Crippen LogP contribution >= 0.6 is 51.2 Å². The molecular weight excluding hydrogens is 489 g/mol. The van der Waals surface area contributed by atoms with Crippen molar-refractivity contribution in [2.24, 2.45) is 4.99 Å². The lowest BCUT2D eigenvalue weighted by molar-refractivity contribution is 0.414. The first-order valence-electron chi connectivity index (χ1n) is 7.03. The monoisotopic (exact) mass is 509 g/mol. The van der Waals surface area contributed by atoms with Crippen molar-refractivity contribution in [1.29, 1.82) is 0 Å². The maximum atomic E-state index is 5.15. The number of rotatable bonds is 6. The van der Waals surface area contributed by atoms with E-state index in [1.54, 1.807) is 25.5 Å². The highest BCUT2D eigenvalue weighted by atomic mass is 127. The lowest BCUT2D eigenvalue weighted by Crippen LogP contribution is -2.37. The van der Waals surface area contributed by atoms with Crippen LogP contribution in [-0.2, 0) is 13.0 Å². The third-order valence-electron chi connectivity index (χ3n) is 3.14. The SMILES string of the molecule is CN=C(NCCc1ccc(Br)s1)NCc1ccc(OC)cc1.I. The molecule has 2 N–H and O–H groups in total. The average Bonchev–Trinajstić information content (AvgIpc) is 2.96. The molecule has 2 aromatic rings. The average molecular weight is 510 g/mol. The van der Waals surface area contributed by atoms with Crippen molar-refractivity contribution in [2.75, 3.05) is 20.7 Å². The molecule has 23 heavy (non-hydrogen) atoms. The Morgan fingerprint density at radius 3 is 2.48 bits per heavy atom. The molecule has 1 aromatic heterocycles. The molecule has 0 aliphatic carbocycles. The quantitative estimate of drug-likeness (QED) is 0.351. The third-order valence-corrected chi connectivity index (χ3v) is 4.82. The highest BCUT2D eigenvalue weighted by Crippen LogP contribution is 2.22. The fraction of sp³-hybridized carbons (Fsp3) is 0.312. The van der Waals surface area contributed by atoms with Crippen molar-refractivity contribution >= 4 is 57.2 Å². The van der Waals surface area contributed by atoms with Crippen LogP contribution in [0.3, 0.4) is 0 Å². The van der Waals surface area contributed by atoms with Gasteiger partial charge in [0, 0.05) is 25.0 Å². The molecule has 0 aliphatic heterocycles. The van der Waals surface area contributed by atoms with E-state index < -0.39 is 0 Å². The van der Waals surface area contributed by atoms with Crippen LogP contribution in [0.1, 0.15) is 10.4 Å². The number of thiophene rings is 1. The Labute approximate surface area is 166 Å². The molecule has 0 fully saturated rings. The minimum atomic E-state index is 0. The van der Waals surface area contributed by atoms with Crippen molar-refractivity contribution in [3.8, 4) is 5.75 Å².